The fourth-order valence-electron chi connectivity index (χ4n) is 2.64. The summed E-state index contributed by atoms with van der Waals surface area (Å²) in [5.41, 5.74) is -1.01. The number of hydrogen-bond acceptors (Lipinski definition) is 1. The Morgan fingerprint density at radius 2 is 1.91 bits per heavy atom. The summed E-state index contributed by atoms with van der Waals surface area (Å²) in [6, 6.07) is 5.70. The van der Waals surface area contributed by atoms with Crippen LogP contribution in [0.5, 0.6) is 0 Å². The molecule has 0 saturated heterocycles. The first-order valence-electron chi connectivity index (χ1n) is 6.99. The van der Waals surface area contributed by atoms with Crippen molar-refractivity contribution in [2.24, 2.45) is 5.41 Å². The molecule has 0 saturated carbocycles. The molecule has 0 bridgehead atoms. The van der Waals surface area contributed by atoms with E-state index in [9.17, 15) is 23.1 Å². The molecule has 0 amide bonds. The molecule has 2 rings (SSSR count). The molecule has 2 aromatic rings. The van der Waals surface area contributed by atoms with Gasteiger partial charge in [-0.15, -0.1) is 0 Å². The van der Waals surface area contributed by atoms with Crippen molar-refractivity contribution in [2.45, 2.75) is 39.9 Å². The number of hydrogen-bond donors (Lipinski definition) is 1. The van der Waals surface area contributed by atoms with Crippen LogP contribution in [0.4, 0.5) is 13.2 Å². The Kier molecular flexibility index (Phi) is 3.98. The average Bonchev–Trinajstić information content (AvgIpc) is 2.73. The van der Waals surface area contributed by atoms with E-state index >= 15 is 0 Å². The summed E-state index contributed by atoms with van der Waals surface area (Å²) in [6.07, 6.45) is -4.27. The third kappa shape index (κ3) is 2.82. The van der Waals surface area contributed by atoms with E-state index < -0.39 is 23.1 Å². The van der Waals surface area contributed by atoms with Crippen molar-refractivity contribution in [3.63, 3.8) is 0 Å². The van der Waals surface area contributed by atoms with Crippen LogP contribution in [0.3, 0.4) is 0 Å². The predicted molar refractivity (Wildman–Crippen MR) is 77.7 cm³/mol. The van der Waals surface area contributed by atoms with Crippen LogP contribution in [0.1, 0.15) is 32.0 Å². The summed E-state index contributed by atoms with van der Waals surface area (Å²) < 4.78 is 41.2. The highest BCUT2D eigenvalue weighted by Crippen LogP contribution is 2.37. The molecule has 0 fully saturated rings. The fraction of sp³-hybridized carbons (Fsp3) is 0.438. The molecule has 1 N–H and O–H groups in total. The third-order valence-corrected chi connectivity index (χ3v) is 3.83. The smallest absolute Gasteiger partial charge is 0.418 e. The quantitative estimate of drug-likeness (QED) is 0.912. The first kappa shape index (κ1) is 16.4. The minimum Gasteiger partial charge on any atom is -0.481 e. The molecule has 1 heterocycles. The Labute approximate surface area is 126 Å². The number of alkyl halides is 3. The molecule has 0 spiro atoms. The van der Waals surface area contributed by atoms with Crippen LogP contribution < -0.4 is 0 Å². The second-order valence-electron chi connectivity index (χ2n) is 5.99. The molecule has 1 aromatic heterocycles. The zero-order valence-electron chi connectivity index (χ0n) is 12.7. The number of carboxylic acids is 1. The van der Waals surface area contributed by atoms with Gasteiger partial charge in [-0.25, -0.2) is 0 Å². The first-order valence-corrected chi connectivity index (χ1v) is 6.99. The van der Waals surface area contributed by atoms with Crippen molar-refractivity contribution in [1.29, 1.82) is 0 Å². The number of aryl methyl sites for hydroxylation is 1. The van der Waals surface area contributed by atoms with Crippen LogP contribution in [0.25, 0.3) is 10.9 Å². The highest BCUT2D eigenvalue weighted by atomic mass is 19.4. The Bertz CT molecular complexity index is 714. The van der Waals surface area contributed by atoms with E-state index in [0.717, 1.165) is 6.07 Å². The molecule has 22 heavy (non-hydrogen) atoms. The van der Waals surface area contributed by atoms with Crippen molar-refractivity contribution in [2.75, 3.05) is 0 Å². The number of halogens is 3. The standard InChI is InChI=1S/C16H18F3NO2/c1-4-20-11(9-15(2,3)14(21)22)8-10-6-5-7-12(13(10)20)16(17,18)19/h5-8H,4,9H2,1-3H3,(H,21,22). The van der Waals surface area contributed by atoms with Crippen LogP contribution in [-0.2, 0) is 23.9 Å². The van der Waals surface area contributed by atoms with Gasteiger partial charge in [-0.3, -0.25) is 4.79 Å². The Hall–Kier alpha value is -1.98. The fourth-order valence-corrected chi connectivity index (χ4v) is 2.64. The van der Waals surface area contributed by atoms with Crippen molar-refractivity contribution >= 4 is 16.9 Å². The second-order valence-corrected chi connectivity index (χ2v) is 5.99. The van der Waals surface area contributed by atoms with Crippen LogP contribution in [0, 0.1) is 5.41 Å². The molecule has 0 aliphatic carbocycles. The molecule has 3 nitrogen and oxygen atoms in total. The van der Waals surface area contributed by atoms with Gasteiger partial charge in [0.1, 0.15) is 0 Å². The number of benzene rings is 1. The maximum atomic E-state index is 13.2. The minimum absolute atomic E-state index is 0.119. The zero-order valence-corrected chi connectivity index (χ0v) is 12.7. The van der Waals surface area contributed by atoms with E-state index in [1.165, 1.54) is 6.07 Å². The maximum Gasteiger partial charge on any atom is 0.418 e. The normalized spacial score (nSPS) is 12.8. The number of para-hydroxylation sites is 1. The Morgan fingerprint density at radius 3 is 2.41 bits per heavy atom. The van der Waals surface area contributed by atoms with E-state index in [1.807, 2.05) is 0 Å². The zero-order chi connectivity index (χ0) is 16.7. The lowest BCUT2D eigenvalue weighted by molar-refractivity contribution is -0.147. The summed E-state index contributed by atoms with van der Waals surface area (Å²) >= 11 is 0. The minimum atomic E-state index is -4.44. The van der Waals surface area contributed by atoms with Gasteiger partial charge in [0, 0.05) is 24.0 Å². The molecule has 120 valence electrons. The van der Waals surface area contributed by atoms with Crippen LogP contribution >= 0.6 is 0 Å². The first-order chi connectivity index (χ1) is 10.1. The van der Waals surface area contributed by atoms with Crippen LogP contribution in [0.15, 0.2) is 24.3 Å². The number of carboxylic acid groups (broad SMARTS) is 1. The van der Waals surface area contributed by atoms with Gasteiger partial charge in [0.15, 0.2) is 0 Å². The van der Waals surface area contributed by atoms with Gasteiger partial charge in [-0.1, -0.05) is 12.1 Å². The monoisotopic (exact) mass is 313 g/mol. The number of fused-ring (bicyclic) bond motifs is 1. The third-order valence-electron chi connectivity index (χ3n) is 3.83. The van der Waals surface area contributed by atoms with Crippen molar-refractivity contribution in [3.8, 4) is 0 Å². The number of nitrogens with zero attached hydrogens (tertiary/aromatic N) is 1. The van der Waals surface area contributed by atoms with Crippen molar-refractivity contribution in [1.82, 2.24) is 4.57 Å². The number of rotatable bonds is 4. The molecular weight excluding hydrogens is 295 g/mol. The van der Waals surface area contributed by atoms with E-state index in [4.69, 9.17) is 0 Å². The topological polar surface area (TPSA) is 42.2 Å². The molecule has 0 aliphatic rings. The number of aromatic nitrogens is 1. The van der Waals surface area contributed by atoms with Gasteiger partial charge < -0.3 is 9.67 Å². The molecule has 0 atom stereocenters. The Morgan fingerprint density at radius 1 is 1.27 bits per heavy atom. The van der Waals surface area contributed by atoms with E-state index in [-0.39, 0.29) is 11.9 Å². The lowest BCUT2D eigenvalue weighted by Crippen LogP contribution is -2.27. The van der Waals surface area contributed by atoms with Crippen molar-refractivity contribution < 1.29 is 23.1 Å². The van der Waals surface area contributed by atoms with Crippen LogP contribution in [0.2, 0.25) is 0 Å². The number of carbonyl (C=O) groups is 1. The lowest BCUT2D eigenvalue weighted by atomic mass is 9.88. The predicted octanol–water partition coefficient (Wildman–Crippen LogP) is 4.33. The summed E-state index contributed by atoms with van der Waals surface area (Å²) in [5, 5.41) is 9.72. The van der Waals surface area contributed by atoms with Crippen molar-refractivity contribution in [3.05, 3.63) is 35.5 Å². The molecule has 0 aliphatic heterocycles. The molecule has 6 heteroatoms. The summed E-state index contributed by atoms with van der Waals surface area (Å²) in [7, 11) is 0. The molecule has 0 unspecified atom stereocenters. The van der Waals surface area contributed by atoms with Gasteiger partial charge in [-0.05, 0) is 32.9 Å². The lowest BCUT2D eigenvalue weighted by Gasteiger charge is -2.20. The van der Waals surface area contributed by atoms with Crippen LogP contribution in [-0.4, -0.2) is 15.6 Å². The maximum absolute atomic E-state index is 13.2. The SMILES string of the molecule is CCn1c(CC(C)(C)C(=O)O)cc2cccc(C(F)(F)F)c21. The molecule has 1 aromatic carbocycles. The van der Waals surface area contributed by atoms with Gasteiger partial charge in [0.25, 0.3) is 0 Å². The van der Waals surface area contributed by atoms with Gasteiger partial charge >= 0.3 is 12.1 Å². The Balaban J connectivity index is 2.66. The summed E-state index contributed by atoms with van der Waals surface area (Å²) in [4.78, 5) is 11.3. The largest absolute Gasteiger partial charge is 0.481 e. The second kappa shape index (κ2) is 5.34. The highest BCUT2D eigenvalue weighted by Gasteiger charge is 2.35. The van der Waals surface area contributed by atoms with E-state index in [2.05, 4.69) is 0 Å². The van der Waals surface area contributed by atoms with Gasteiger partial charge in [0.2, 0.25) is 0 Å². The van der Waals surface area contributed by atoms with Gasteiger partial charge in [0.05, 0.1) is 16.5 Å². The van der Waals surface area contributed by atoms with E-state index in [1.54, 1.807) is 37.5 Å². The summed E-state index contributed by atoms with van der Waals surface area (Å²) in [6.45, 7) is 5.24. The highest BCUT2D eigenvalue weighted by molar-refractivity contribution is 5.85. The van der Waals surface area contributed by atoms with E-state index in [0.29, 0.717) is 17.6 Å². The van der Waals surface area contributed by atoms with Gasteiger partial charge in [-0.2, -0.15) is 13.2 Å². The average molecular weight is 313 g/mol. The molecule has 0 radical (unpaired) electrons. The summed E-state index contributed by atoms with van der Waals surface area (Å²) in [5.74, 6) is -0.976. The number of aliphatic carboxylic acids is 1. The molecular formula is C16H18F3NO2.